The zero-order chi connectivity index (χ0) is 15.5. The van der Waals surface area contributed by atoms with Crippen molar-refractivity contribution in [2.75, 3.05) is 7.11 Å². The van der Waals surface area contributed by atoms with E-state index < -0.39 is 0 Å². The second-order valence-electron chi connectivity index (χ2n) is 6.75. The van der Waals surface area contributed by atoms with Crippen LogP contribution in [0.1, 0.15) is 50.5 Å². The number of ether oxygens (including phenoxy) is 1. The molecule has 2 saturated heterocycles. The summed E-state index contributed by atoms with van der Waals surface area (Å²) in [4.78, 5) is 12.3. The van der Waals surface area contributed by atoms with Crippen molar-refractivity contribution >= 4 is 5.91 Å². The zero-order valence-corrected chi connectivity index (χ0v) is 13.5. The molecular weight excluding hydrogens is 276 g/mol. The predicted octanol–water partition coefficient (Wildman–Crippen LogP) is 2.59. The minimum atomic E-state index is 0.176. The molecule has 120 valence electrons. The van der Waals surface area contributed by atoms with Gasteiger partial charge in [0.1, 0.15) is 5.75 Å². The fraction of sp³-hybridized carbons (Fsp3) is 0.611. The van der Waals surface area contributed by atoms with E-state index in [1.165, 1.54) is 18.4 Å². The highest BCUT2D eigenvalue weighted by Crippen LogP contribution is 2.27. The van der Waals surface area contributed by atoms with E-state index in [4.69, 9.17) is 4.74 Å². The van der Waals surface area contributed by atoms with Crippen molar-refractivity contribution < 1.29 is 9.53 Å². The number of carbonyl (C=O) groups excluding carboxylic acids is 1. The van der Waals surface area contributed by atoms with Crippen molar-refractivity contribution in [1.82, 2.24) is 10.6 Å². The number of carbonyl (C=O) groups is 1. The highest BCUT2D eigenvalue weighted by Gasteiger charge is 2.34. The molecule has 2 bridgehead atoms. The van der Waals surface area contributed by atoms with Gasteiger partial charge in [0.2, 0.25) is 5.91 Å². The average Bonchev–Trinajstić information content (AvgIpc) is 2.86. The third kappa shape index (κ3) is 3.61. The lowest BCUT2D eigenvalue weighted by Crippen LogP contribution is -2.48. The maximum atomic E-state index is 12.3. The number of benzene rings is 1. The predicted molar refractivity (Wildman–Crippen MR) is 87.1 cm³/mol. The molecule has 2 N–H and O–H groups in total. The number of amides is 1. The molecule has 1 aromatic rings. The molecule has 3 unspecified atom stereocenters. The van der Waals surface area contributed by atoms with Crippen molar-refractivity contribution in [1.29, 1.82) is 0 Å². The summed E-state index contributed by atoms with van der Waals surface area (Å²) >= 11 is 0. The second kappa shape index (κ2) is 6.69. The first-order chi connectivity index (χ1) is 10.6. The smallest absolute Gasteiger partial charge is 0.220 e. The summed E-state index contributed by atoms with van der Waals surface area (Å²) in [6, 6.07) is 9.58. The molecule has 22 heavy (non-hydrogen) atoms. The van der Waals surface area contributed by atoms with Crippen molar-refractivity contribution in [3.05, 3.63) is 29.8 Å². The number of hydrogen-bond donors (Lipinski definition) is 2. The van der Waals surface area contributed by atoms with Gasteiger partial charge in [-0.1, -0.05) is 19.1 Å². The van der Waals surface area contributed by atoms with E-state index in [0.29, 0.717) is 24.5 Å². The summed E-state index contributed by atoms with van der Waals surface area (Å²) in [5, 5.41) is 6.85. The molecule has 3 rings (SSSR count). The van der Waals surface area contributed by atoms with E-state index in [-0.39, 0.29) is 11.8 Å². The van der Waals surface area contributed by atoms with Gasteiger partial charge in [0, 0.05) is 24.5 Å². The third-order valence-corrected chi connectivity index (χ3v) is 5.01. The number of rotatable bonds is 5. The first-order valence-electron chi connectivity index (χ1n) is 8.33. The lowest BCUT2D eigenvalue weighted by Gasteiger charge is -2.30. The molecule has 4 heteroatoms. The van der Waals surface area contributed by atoms with Gasteiger partial charge in [0.15, 0.2) is 0 Å². The first kappa shape index (κ1) is 15.3. The third-order valence-electron chi connectivity index (χ3n) is 5.01. The summed E-state index contributed by atoms with van der Waals surface area (Å²) in [6.45, 7) is 2.10. The quantitative estimate of drug-likeness (QED) is 0.879. The summed E-state index contributed by atoms with van der Waals surface area (Å²) in [7, 11) is 1.66. The van der Waals surface area contributed by atoms with Crippen LogP contribution in [0.2, 0.25) is 0 Å². The van der Waals surface area contributed by atoms with E-state index in [2.05, 4.69) is 17.6 Å². The molecule has 0 radical (unpaired) electrons. The van der Waals surface area contributed by atoms with Gasteiger partial charge in [-0.05, 0) is 49.3 Å². The Morgan fingerprint density at radius 3 is 2.50 bits per heavy atom. The second-order valence-corrected chi connectivity index (χ2v) is 6.75. The van der Waals surface area contributed by atoms with Gasteiger partial charge >= 0.3 is 0 Å². The van der Waals surface area contributed by atoms with Crippen LogP contribution in [0.5, 0.6) is 5.75 Å². The van der Waals surface area contributed by atoms with Gasteiger partial charge in [-0.2, -0.15) is 0 Å². The topological polar surface area (TPSA) is 50.4 Å². The number of piperidine rings is 1. The van der Waals surface area contributed by atoms with E-state index in [9.17, 15) is 4.79 Å². The molecule has 0 saturated carbocycles. The first-order valence-corrected chi connectivity index (χ1v) is 8.33. The van der Waals surface area contributed by atoms with Crippen LogP contribution in [-0.2, 0) is 4.79 Å². The van der Waals surface area contributed by atoms with Crippen molar-refractivity contribution in [2.45, 2.75) is 63.1 Å². The molecule has 0 spiro atoms. The van der Waals surface area contributed by atoms with Crippen LogP contribution in [0, 0.1) is 0 Å². The standard InChI is InChI=1S/C18H26N2O2/c1-12(13-3-7-17(22-2)8-4-13)9-18(21)20-16-10-14-5-6-15(11-16)19-14/h3-4,7-8,12,14-16,19H,5-6,9-11H2,1-2H3,(H,20,21). The molecule has 2 aliphatic heterocycles. The van der Waals surface area contributed by atoms with E-state index >= 15 is 0 Å². The van der Waals surface area contributed by atoms with Crippen LogP contribution in [-0.4, -0.2) is 31.1 Å². The lowest BCUT2D eigenvalue weighted by molar-refractivity contribution is -0.122. The Bertz CT molecular complexity index is 502. The fourth-order valence-electron chi connectivity index (χ4n) is 3.79. The maximum absolute atomic E-state index is 12.3. The minimum absolute atomic E-state index is 0.176. The molecule has 1 aromatic carbocycles. The molecule has 0 aromatic heterocycles. The lowest BCUT2D eigenvalue weighted by atomic mass is 9.96. The van der Waals surface area contributed by atoms with Crippen molar-refractivity contribution in [3.8, 4) is 5.75 Å². The summed E-state index contributed by atoms with van der Waals surface area (Å²) in [6.07, 6.45) is 5.24. The normalized spacial score (nSPS) is 28.2. The summed E-state index contributed by atoms with van der Waals surface area (Å²) in [5.41, 5.74) is 1.18. The highest BCUT2D eigenvalue weighted by molar-refractivity contribution is 5.77. The SMILES string of the molecule is COc1ccc(C(C)CC(=O)NC2CC3CCC(C2)N3)cc1. The van der Waals surface area contributed by atoms with E-state index in [0.717, 1.165) is 18.6 Å². The van der Waals surface area contributed by atoms with Gasteiger partial charge in [0.25, 0.3) is 0 Å². The molecule has 4 nitrogen and oxygen atoms in total. The maximum Gasteiger partial charge on any atom is 0.220 e. The monoisotopic (exact) mass is 302 g/mol. The van der Waals surface area contributed by atoms with Gasteiger partial charge in [-0.25, -0.2) is 0 Å². The Balaban J connectivity index is 1.50. The Kier molecular flexibility index (Phi) is 4.67. The van der Waals surface area contributed by atoms with Crippen LogP contribution in [0.25, 0.3) is 0 Å². The summed E-state index contributed by atoms with van der Waals surface area (Å²) in [5.74, 6) is 1.25. The molecule has 2 heterocycles. The number of fused-ring (bicyclic) bond motifs is 2. The average molecular weight is 302 g/mol. The number of hydrogen-bond acceptors (Lipinski definition) is 3. The molecule has 0 aliphatic carbocycles. The van der Waals surface area contributed by atoms with Crippen LogP contribution >= 0.6 is 0 Å². The minimum Gasteiger partial charge on any atom is -0.497 e. The van der Waals surface area contributed by atoms with Gasteiger partial charge in [-0.15, -0.1) is 0 Å². The Hall–Kier alpha value is -1.55. The molecular formula is C18H26N2O2. The Morgan fingerprint density at radius 2 is 1.91 bits per heavy atom. The number of methoxy groups -OCH3 is 1. The van der Waals surface area contributed by atoms with Crippen LogP contribution in [0.3, 0.4) is 0 Å². The van der Waals surface area contributed by atoms with Gasteiger partial charge < -0.3 is 15.4 Å². The van der Waals surface area contributed by atoms with Crippen LogP contribution < -0.4 is 15.4 Å². The largest absolute Gasteiger partial charge is 0.497 e. The number of nitrogens with one attached hydrogen (secondary N) is 2. The fourth-order valence-corrected chi connectivity index (χ4v) is 3.79. The molecule has 3 atom stereocenters. The van der Waals surface area contributed by atoms with Gasteiger partial charge in [0.05, 0.1) is 7.11 Å². The van der Waals surface area contributed by atoms with E-state index in [1.54, 1.807) is 7.11 Å². The zero-order valence-electron chi connectivity index (χ0n) is 13.5. The molecule has 1 amide bonds. The molecule has 2 fully saturated rings. The Morgan fingerprint density at radius 1 is 1.27 bits per heavy atom. The summed E-state index contributed by atoms with van der Waals surface area (Å²) < 4.78 is 5.17. The van der Waals surface area contributed by atoms with E-state index in [1.807, 2.05) is 24.3 Å². The van der Waals surface area contributed by atoms with Crippen LogP contribution in [0.15, 0.2) is 24.3 Å². The Labute approximate surface area is 132 Å². The van der Waals surface area contributed by atoms with Crippen molar-refractivity contribution in [3.63, 3.8) is 0 Å². The van der Waals surface area contributed by atoms with Crippen LogP contribution in [0.4, 0.5) is 0 Å². The molecule has 2 aliphatic rings. The van der Waals surface area contributed by atoms with Gasteiger partial charge in [-0.3, -0.25) is 4.79 Å². The van der Waals surface area contributed by atoms with Crippen molar-refractivity contribution in [2.24, 2.45) is 0 Å². The highest BCUT2D eigenvalue weighted by atomic mass is 16.5.